The van der Waals surface area contributed by atoms with Gasteiger partial charge in [-0.05, 0) is 49.4 Å². The molecule has 156 valence electrons. The molecule has 3 N–H and O–H groups in total. The van der Waals surface area contributed by atoms with Gasteiger partial charge in [0.15, 0.2) is 5.82 Å². The van der Waals surface area contributed by atoms with E-state index in [1.165, 1.54) is 16.4 Å². The van der Waals surface area contributed by atoms with Gasteiger partial charge in [-0.3, -0.25) is 9.59 Å². The largest absolute Gasteiger partial charge is 0.364 e. The number of aryl methyl sites for hydroxylation is 1. The molecule has 4 rings (SSSR count). The third-order valence-corrected chi connectivity index (χ3v) is 5.34. The van der Waals surface area contributed by atoms with Crippen LogP contribution in [0, 0.1) is 6.92 Å². The third-order valence-electron chi connectivity index (χ3n) is 4.28. The molecule has 4 aromatic rings. The van der Waals surface area contributed by atoms with Crippen LogP contribution in [0.3, 0.4) is 0 Å². The van der Waals surface area contributed by atoms with Gasteiger partial charge in [0.05, 0.1) is 17.0 Å². The number of hydrogen-bond acceptors (Lipinski definition) is 7. The van der Waals surface area contributed by atoms with Crippen molar-refractivity contribution >= 4 is 29.3 Å². The van der Waals surface area contributed by atoms with E-state index in [0.717, 1.165) is 10.6 Å². The number of benzene rings is 2. The van der Waals surface area contributed by atoms with Gasteiger partial charge in [-0.25, -0.2) is 4.68 Å². The summed E-state index contributed by atoms with van der Waals surface area (Å²) in [5.74, 6) is 0.732. The fourth-order valence-corrected chi connectivity index (χ4v) is 3.70. The van der Waals surface area contributed by atoms with Crippen molar-refractivity contribution in [2.75, 3.05) is 5.32 Å². The Morgan fingerprint density at radius 1 is 1.13 bits per heavy atom. The molecule has 31 heavy (non-hydrogen) atoms. The highest BCUT2D eigenvalue weighted by molar-refractivity contribution is 7.98. The van der Waals surface area contributed by atoms with Crippen molar-refractivity contribution < 1.29 is 14.1 Å². The molecule has 2 aromatic heterocycles. The fourth-order valence-electron chi connectivity index (χ4n) is 2.81. The van der Waals surface area contributed by atoms with Gasteiger partial charge in [0, 0.05) is 16.8 Å². The molecule has 0 aliphatic carbocycles. The first kappa shape index (κ1) is 20.4. The van der Waals surface area contributed by atoms with Crippen LogP contribution in [0.25, 0.3) is 5.69 Å². The topological polar surface area (TPSA) is 129 Å². The summed E-state index contributed by atoms with van der Waals surface area (Å²) in [4.78, 5) is 29.0. The van der Waals surface area contributed by atoms with Crippen molar-refractivity contribution in [1.29, 1.82) is 0 Å². The van der Waals surface area contributed by atoms with Crippen molar-refractivity contribution in [3.05, 3.63) is 83.8 Å². The number of aromatic nitrogens is 4. The molecule has 0 spiro atoms. The zero-order chi connectivity index (χ0) is 21.8. The van der Waals surface area contributed by atoms with E-state index in [2.05, 4.69) is 20.6 Å². The van der Waals surface area contributed by atoms with Gasteiger partial charge in [0.1, 0.15) is 5.69 Å². The minimum atomic E-state index is -0.589. The molecule has 0 unspecified atom stereocenters. The average molecular weight is 434 g/mol. The van der Waals surface area contributed by atoms with Crippen LogP contribution in [-0.4, -0.2) is 31.7 Å². The first-order valence-electron chi connectivity index (χ1n) is 9.28. The van der Waals surface area contributed by atoms with Gasteiger partial charge in [0.2, 0.25) is 5.89 Å². The maximum Gasteiger partial charge on any atom is 0.269 e. The highest BCUT2D eigenvalue weighted by Crippen LogP contribution is 2.26. The molecule has 2 amide bonds. The number of nitrogens with one attached hydrogen (secondary N) is 1. The predicted octanol–water partition coefficient (Wildman–Crippen LogP) is 3.21. The number of hydrogen-bond donors (Lipinski definition) is 2. The Kier molecular flexibility index (Phi) is 5.80. The Bertz CT molecular complexity index is 1230. The number of carbonyl (C=O) groups excluding carboxylic acids is 2. The van der Waals surface area contributed by atoms with Crippen LogP contribution in [0.5, 0.6) is 0 Å². The lowest BCUT2D eigenvalue weighted by Crippen LogP contribution is -2.13. The summed E-state index contributed by atoms with van der Waals surface area (Å²) in [5, 5.41) is 10.8. The quantitative estimate of drug-likeness (QED) is 0.427. The van der Waals surface area contributed by atoms with Crippen molar-refractivity contribution in [2.24, 2.45) is 5.73 Å². The molecule has 2 heterocycles. The minimum absolute atomic E-state index is 0.183. The zero-order valence-electron chi connectivity index (χ0n) is 16.5. The van der Waals surface area contributed by atoms with Crippen LogP contribution in [0.15, 0.2) is 70.2 Å². The molecule has 0 atom stereocenters. The summed E-state index contributed by atoms with van der Waals surface area (Å²) in [6, 6.07) is 16.0. The second-order valence-corrected chi connectivity index (χ2v) is 7.55. The Balaban J connectivity index is 1.45. The van der Waals surface area contributed by atoms with E-state index in [9.17, 15) is 9.59 Å². The van der Waals surface area contributed by atoms with Crippen molar-refractivity contribution in [3.8, 4) is 5.69 Å². The lowest BCUT2D eigenvalue weighted by molar-refractivity contribution is 0.0992. The van der Waals surface area contributed by atoms with Crippen LogP contribution in [0.2, 0.25) is 0 Å². The Hall–Kier alpha value is -3.92. The number of nitrogens with two attached hydrogens (primary N) is 1. The number of primary amides is 1. The molecule has 10 heteroatoms. The van der Waals surface area contributed by atoms with E-state index in [4.69, 9.17) is 10.3 Å². The Morgan fingerprint density at radius 3 is 2.58 bits per heavy atom. The molecule has 0 aliphatic heterocycles. The number of thioether (sulfide) groups is 1. The smallest absolute Gasteiger partial charge is 0.269 e. The normalized spacial score (nSPS) is 10.7. The summed E-state index contributed by atoms with van der Waals surface area (Å²) in [6.45, 7) is 1.76. The van der Waals surface area contributed by atoms with E-state index in [0.29, 0.717) is 28.7 Å². The van der Waals surface area contributed by atoms with Crippen LogP contribution >= 0.6 is 11.8 Å². The van der Waals surface area contributed by atoms with Gasteiger partial charge < -0.3 is 15.6 Å². The van der Waals surface area contributed by atoms with Gasteiger partial charge in [-0.15, -0.1) is 11.8 Å². The van der Waals surface area contributed by atoms with Crippen molar-refractivity contribution in [1.82, 2.24) is 19.9 Å². The van der Waals surface area contributed by atoms with Gasteiger partial charge in [-0.2, -0.15) is 10.1 Å². The van der Waals surface area contributed by atoms with Crippen molar-refractivity contribution in [2.45, 2.75) is 17.6 Å². The summed E-state index contributed by atoms with van der Waals surface area (Å²) < 4.78 is 6.67. The molecule has 9 nitrogen and oxygen atoms in total. The summed E-state index contributed by atoms with van der Waals surface area (Å²) in [7, 11) is 0. The monoisotopic (exact) mass is 434 g/mol. The van der Waals surface area contributed by atoms with Gasteiger partial charge in [0.25, 0.3) is 11.8 Å². The molecule has 0 aliphatic rings. The Labute approximate surface area is 181 Å². The molecule has 0 saturated carbocycles. The molecule has 0 saturated heterocycles. The molecular formula is C21H18N6O3S. The second-order valence-electron chi connectivity index (χ2n) is 6.53. The molecule has 0 fully saturated rings. The van der Waals surface area contributed by atoms with E-state index < -0.39 is 5.91 Å². The standard InChI is InChI=1S/C21H18N6O3S/c1-13-23-19(30-26-13)12-31-18-5-3-2-4-16(18)21(29)24-14-6-8-15(9-7-14)27-11-10-17(25-27)20(22)28/h2-11H,12H2,1H3,(H2,22,28)(H,24,29). The summed E-state index contributed by atoms with van der Waals surface area (Å²) >= 11 is 1.45. The highest BCUT2D eigenvalue weighted by atomic mass is 32.2. The minimum Gasteiger partial charge on any atom is -0.364 e. The third kappa shape index (κ3) is 4.81. The zero-order valence-corrected chi connectivity index (χ0v) is 17.3. The second kappa shape index (κ2) is 8.84. The maximum atomic E-state index is 12.8. The Morgan fingerprint density at radius 2 is 1.90 bits per heavy atom. The molecule has 0 bridgehead atoms. The maximum absolute atomic E-state index is 12.8. The van der Waals surface area contributed by atoms with E-state index in [1.807, 2.05) is 18.2 Å². The SMILES string of the molecule is Cc1noc(CSc2ccccc2C(=O)Nc2ccc(-n3ccc(C(N)=O)n3)cc2)n1. The first-order chi connectivity index (χ1) is 15.0. The number of rotatable bonds is 7. The summed E-state index contributed by atoms with van der Waals surface area (Å²) in [5.41, 5.74) is 7.32. The van der Waals surface area contributed by atoms with Gasteiger partial charge in [-0.1, -0.05) is 17.3 Å². The van der Waals surface area contributed by atoms with Crippen molar-refractivity contribution in [3.63, 3.8) is 0 Å². The van der Waals surface area contributed by atoms with E-state index in [-0.39, 0.29) is 11.6 Å². The van der Waals surface area contributed by atoms with Crippen LogP contribution in [0.4, 0.5) is 5.69 Å². The molecule has 2 aromatic carbocycles. The number of amides is 2. The summed E-state index contributed by atoms with van der Waals surface area (Å²) in [6.07, 6.45) is 1.64. The lowest BCUT2D eigenvalue weighted by atomic mass is 10.2. The average Bonchev–Trinajstić information content (AvgIpc) is 3.42. The van der Waals surface area contributed by atoms with Crippen LogP contribution in [-0.2, 0) is 5.75 Å². The number of nitrogens with zero attached hydrogens (tertiary/aromatic N) is 4. The predicted molar refractivity (Wildman–Crippen MR) is 115 cm³/mol. The molecular weight excluding hydrogens is 416 g/mol. The highest BCUT2D eigenvalue weighted by Gasteiger charge is 2.14. The van der Waals surface area contributed by atoms with E-state index >= 15 is 0 Å². The van der Waals surface area contributed by atoms with Crippen LogP contribution in [0.1, 0.15) is 32.6 Å². The molecule has 0 radical (unpaired) electrons. The van der Waals surface area contributed by atoms with Crippen LogP contribution < -0.4 is 11.1 Å². The number of carbonyl (C=O) groups is 2. The van der Waals surface area contributed by atoms with E-state index in [1.54, 1.807) is 49.5 Å². The lowest BCUT2D eigenvalue weighted by Gasteiger charge is -2.10. The number of anilines is 1. The fraction of sp³-hybridized carbons (Fsp3) is 0.0952. The first-order valence-corrected chi connectivity index (χ1v) is 10.3. The van der Waals surface area contributed by atoms with Gasteiger partial charge >= 0.3 is 0 Å².